The van der Waals surface area contributed by atoms with Gasteiger partial charge in [0.2, 0.25) is 11.8 Å². The molecule has 0 bridgehead atoms. The molecular weight excluding hydrogens is 574 g/mol. The van der Waals surface area contributed by atoms with Gasteiger partial charge >= 0.3 is 0 Å². The molecule has 1 N–H and O–H groups in total. The number of sulfonamides is 1. The third-order valence-corrected chi connectivity index (χ3v) is 8.72. The second-order valence-corrected chi connectivity index (χ2v) is 12.5. The third-order valence-electron chi connectivity index (χ3n) is 6.94. The lowest BCUT2D eigenvalue weighted by atomic mass is 10.0. The minimum Gasteiger partial charge on any atom is -0.492 e. The maximum Gasteiger partial charge on any atom is 0.264 e. The number of benzene rings is 4. The number of hydrogen-bond acceptors (Lipinski definition) is 5. The van der Waals surface area contributed by atoms with Crippen LogP contribution in [-0.2, 0) is 32.6 Å². The molecule has 0 aliphatic carbocycles. The van der Waals surface area contributed by atoms with E-state index in [9.17, 15) is 18.0 Å². The maximum absolute atomic E-state index is 14.5. The van der Waals surface area contributed by atoms with Gasteiger partial charge in [-0.2, -0.15) is 0 Å². The first-order valence-corrected chi connectivity index (χ1v) is 16.1. The molecule has 0 unspecified atom stereocenters. The zero-order valence-corrected chi connectivity index (χ0v) is 26.1. The summed E-state index contributed by atoms with van der Waals surface area (Å²) in [6, 6.07) is 32.5. The first-order chi connectivity index (χ1) is 21.2. The van der Waals surface area contributed by atoms with Crippen LogP contribution >= 0.6 is 0 Å². The van der Waals surface area contributed by atoms with Crippen molar-refractivity contribution in [2.24, 2.45) is 0 Å². The first kappa shape index (κ1) is 32.3. The zero-order chi connectivity index (χ0) is 31.5. The summed E-state index contributed by atoms with van der Waals surface area (Å²) in [4.78, 5) is 29.8. The number of hydrogen-bond donors (Lipinski definition) is 1. The van der Waals surface area contributed by atoms with E-state index in [0.717, 1.165) is 15.4 Å². The van der Waals surface area contributed by atoms with E-state index in [0.29, 0.717) is 12.4 Å². The Hall–Kier alpha value is -4.63. The summed E-state index contributed by atoms with van der Waals surface area (Å²) in [6.45, 7) is 5.39. The maximum atomic E-state index is 14.5. The topological polar surface area (TPSA) is 96.0 Å². The summed E-state index contributed by atoms with van der Waals surface area (Å²) in [5, 5.41) is 2.97. The monoisotopic (exact) mass is 613 g/mol. The van der Waals surface area contributed by atoms with E-state index in [-0.39, 0.29) is 35.5 Å². The molecule has 4 rings (SSSR count). The third kappa shape index (κ3) is 8.26. The summed E-state index contributed by atoms with van der Waals surface area (Å²) in [5.74, 6) is -0.518. The summed E-state index contributed by atoms with van der Waals surface area (Å²) in [6.07, 6.45) is 0.249. The molecule has 0 saturated heterocycles. The molecule has 0 saturated carbocycles. The summed E-state index contributed by atoms with van der Waals surface area (Å²) in [5.41, 5.74) is 1.92. The highest BCUT2D eigenvalue weighted by molar-refractivity contribution is 7.92. The summed E-state index contributed by atoms with van der Waals surface area (Å²) in [7, 11) is -4.21. The molecule has 8 nitrogen and oxygen atoms in total. The molecule has 4 aromatic rings. The lowest BCUT2D eigenvalue weighted by Crippen LogP contribution is -2.54. The van der Waals surface area contributed by atoms with E-state index in [1.807, 2.05) is 74.5 Å². The molecule has 0 radical (unpaired) electrons. The van der Waals surface area contributed by atoms with Crippen LogP contribution in [-0.4, -0.2) is 50.4 Å². The van der Waals surface area contributed by atoms with Gasteiger partial charge in [-0.05, 0) is 56.2 Å². The molecule has 2 amide bonds. The van der Waals surface area contributed by atoms with Gasteiger partial charge < -0.3 is 15.0 Å². The summed E-state index contributed by atoms with van der Waals surface area (Å²) < 4.78 is 35.2. The minimum atomic E-state index is -4.21. The number of carbonyl (C=O) groups is 2. The highest BCUT2D eigenvalue weighted by Crippen LogP contribution is 2.33. The lowest BCUT2D eigenvalue weighted by molar-refractivity contribution is -0.140. The molecule has 230 valence electrons. The van der Waals surface area contributed by atoms with Crippen LogP contribution in [0.2, 0.25) is 0 Å². The van der Waals surface area contributed by atoms with Gasteiger partial charge in [-0.15, -0.1) is 0 Å². The van der Waals surface area contributed by atoms with Gasteiger partial charge in [0.1, 0.15) is 18.3 Å². The second-order valence-electron chi connectivity index (χ2n) is 10.6. The number of rotatable bonds is 14. The number of ether oxygens (including phenoxy) is 1. The standard InChI is InChI=1S/C35H39N3O5S/c1-4-43-33-23-15-14-22-31(33)38(44(41,42)30-20-12-7-13-21-30)26-34(39)37(25-29-18-10-6-11-19-29)32(35(40)36-27(2)3)24-28-16-8-5-9-17-28/h5-23,27,32H,4,24-26H2,1-3H3,(H,36,40)/t32-/m1/s1. The van der Waals surface area contributed by atoms with Gasteiger partial charge in [0.15, 0.2) is 0 Å². The molecule has 0 heterocycles. The van der Waals surface area contributed by atoms with Crippen molar-refractivity contribution in [1.29, 1.82) is 0 Å². The number of nitrogens with zero attached hydrogens (tertiary/aromatic N) is 2. The number of amides is 2. The fraction of sp³-hybridized carbons (Fsp3) is 0.257. The zero-order valence-electron chi connectivity index (χ0n) is 25.3. The van der Waals surface area contributed by atoms with Crippen molar-refractivity contribution in [1.82, 2.24) is 10.2 Å². The number of anilines is 1. The van der Waals surface area contributed by atoms with E-state index in [1.54, 1.807) is 49.4 Å². The van der Waals surface area contributed by atoms with Crippen molar-refractivity contribution in [3.05, 3.63) is 126 Å². The molecule has 0 spiro atoms. The van der Waals surface area contributed by atoms with Gasteiger partial charge in [0.05, 0.1) is 17.2 Å². The average Bonchev–Trinajstić information content (AvgIpc) is 3.03. The minimum absolute atomic E-state index is 0.0343. The first-order valence-electron chi connectivity index (χ1n) is 14.7. The Morgan fingerprint density at radius 3 is 1.91 bits per heavy atom. The van der Waals surface area contributed by atoms with Crippen molar-refractivity contribution < 1.29 is 22.7 Å². The molecule has 0 aliphatic heterocycles. The molecular formula is C35H39N3O5S. The molecule has 0 fully saturated rings. The van der Waals surface area contributed by atoms with Crippen LogP contribution in [0.5, 0.6) is 5.75 Å². The van der Waals surface area contributed by atoms with Crippen LogP contribution in [0.3, 0.4) is 0 Å². The van der Waals surface area contributed by atoms with E-state index in [4.69, 9.17) is 4.74 Å². The normalized spacial score (nSPS) is 11.9. The van der Waals surface area contributed by atoms with Crippen LogP contribution in [0.25, 0.3) is 0 Å². The van der Waals surface area contributed by atoms with Gasteiger partial charge in [0, 0.05) is 19.0 Å². The van der Waals surface area contributed by atoms with Crippen LogP contribution in [0.15, 0.2) is 120 Å². The Kier molecular flexibility index (Phi) is 11.2. The van der Waals surface area contributed by atoms with Crippen molar-refractivity contribution in [3.8, 4) is 5.75 Å². The average molecular weight is 614 g/mol. The molecule has 44 heavy (non-hydrogen) atoms. The van der Waals surface area contributed by atoms with E-state index >= 15 is 0 Å². The Bertz CT molecular complexity index is 1610. The molecule has 1 atom stereocenters. The highest BCUT2D eigenvalue weighted by atomic mass is 32.2. The molecule has 4 aromatic carbocycles. The predicted molar refractivity (Wildman–Crippen MR) is 173 cm³/mol. The lowest BCUT2D eigenvalue weighted by Gasteiger charge is -2.34. The smallest absolute Gasteiger partial charge is 0.264 e. The highest BCUT2D eigenvalue weighted by Gasteiger charge is 2.35. The van der Waals surface area contributed by atoms with Crippen molar-refractivity contribution in [2.75, 3.05) is 17.5 Å². The van der Waals surface area contributed by atoms with Gasteiger partial charge in [-0.1, -0.05) is 91.0 Å². The van der Waals surface area contributed by atoms with E-state index in [1.165, 1.54) is 17.0 Å². The Labute approximate surface area is 260 Å². The van der Waals surface area contributed by atoms with E-state index in [2.05, 4.69) is 5.32 Å². The number of carbonyl (C=O) groups excluding carboxylic acids is 2. The molecule has 9 heteroatoms. The van der Waals surface area contributed by atoms with E-state index < -0.39 is 28.5 Å². The van der Waals surface area contributed by atoms with Gasteiger partial charge in [-0.3, -0.25) is 13.9 Å². The second kappa shape index (κ2) is 15.2. The number of nitrogens with one attached hydrogen (secondary N) is 1. The van der Waals surface area contributed by atoms with Crippen molar-refractivity contribution in [3.63, 3.8) is 0 Å². The predicted octanol–water partition coefficient (Wildman–Crippen LogP) is 5.45. The van der Waals surface area contributed by atoms with Crippen LogP contribution in [0.4, 0.5) is 5.69 Å². The van der Waals surface area contributed by atoms with Crippen LogP contribution in [0, 0.1) is 0 Å². The Morgan fingerprint density at radius 1 is 0.773 bits per heavy atom. The van der Waals surface area contributed by atoms with Gasteiger partial charge in [-0.25, -0.2) is 8.42 Å². The Balaban J connectivity index is 1.82. The van der Waals surface area contributed by atoms with Gasteiger partial charge in [0.25, 0.3) is 10.0 Å². The molecule has 0 aliphatic rings. The van der Waals surface area contributed by atoms with Crippen molar-refractivity contribution >= 4 is 27.5 Å². The SMILES string of the molecule is CCOc1ccccc1N(CC(=O)N(Cc1ccccc1)[C@H](Cc1ccccc1)C(=O)NC(C)C)S(=O)(=O)c1ccccc1. The van der Waals surface area contributed by atoms with Crippen LogP contribution < -0.4 is 14.4 Å². The fourth-order valence-corrected chi connectivity index (χ4v) is 6.33. The van der Waals surface area contributed by atoms with Crippen LogP contribution in [0.1, 0.15) is 31.9 Å². The molecule has 0 aromatic heterocycles. The van der Waals surface area contributed by atoms with Crippen molar-refractivity contribution in [2.45, 2.75) is 50.7 Å². The largest absolute Gasteiger partial charge is 0.492 e. The fourth-order valence-electron chi connectivity index (χ4n) is 4.89. The quantitative estimate of drug-likeness (QED) is 0.204. The Morgan fingerprint density at radius 2 is 1.32 bits per heavy atom. The summed E-state index contributed by atoms with van der Waals surface area (Å²) >= 11 is 0. The number of para-hydroxylation sites is 2.